The summed E-state index contributed by atoms with van der Waals surface area (Å²) in [4.78, 5) is 16.2. The van der Waals surface area contributed by atoms with Crippen molar-refractivity contribution >= 4 is 16.4 Å². The van der Waals surface area contributed by atoms with Crippen molar-refractivity contribution in [3.05, 3.63) is 35.5 Å². The maximum atomic E-state index is 12.4. The zero-order valence-electron chi connectivity index (χ0n) is 10.2. The van der Waals surface area contributed by atoms with Crippen molar-refractivity contribution < 1.29 is 13.2 Å². The fourth-order valence-electron chi connectivity index (χ4n) is 2.45. The lowest BCUT2D eigenvalue weighted by atomic mass is 10.2. The van der Waals surface area contributed by atoms with Crippen LogP contribution >= 0.6 is 0 Å². The summed E-state index contributed by atoms with van der Waals surface area (Å²) in [6.45, 7) is 1.79. The minimum atomic E-state index is -3.53. The Balaban J connectivity index is 1.79. The fraction of sp³-hybridized carbons (Fsp3) is 0.333. The van der Waals surface area contributed by atoms with Gasteiger partial charge in [-0.1, -0.05) is 6.07 Å². The Morgan fingerprint density at radius 2 is 1.79 bits per heavy atom. The van der Waals surface area contributed by atoms with Crippen LogP contribution in [0.25, 0.3) is 0 Å². The molecule has 0 aromatic carbocycles. The van der Waals surface area contributed by atoms with Gasteiger partial charge in [0, 0.05) is 32.4 Å². The molecule has 0 bridgehead atoms. The number of carbonyl (C=O) groups is 1. The number of nitrogens with zero attached hydrogens (tertiary/aromatic N) is 3. The zero-order valence-corrected chi connectivity index (χ0v) is 11.0. The highest BCUT2D eigenvalue weighted by Gasteiger charge is 2.36. The highest BCUT2D eigenvalue weighted by atomic mass is 32.2. The molecule has 19 heavy (non-hydrogen) atoms. The molecule has 0 saturated heterocycles. The van der Waals surface area contributed by atoms with Crippen molar-refractivity contribution in [3.8, 4) is 0 Å². The van der Waals surface area contributed by atoms with E-state index >= 15 is 0 Å². The Hall–Kier alpha value is -1.73. The first-order valence-electron chi connectivity index (χ1n) is 5.91. The van der Waals surface area contributed by atoms with Gasteiger partial charge in [0.05, 0.1) is 0 Å². The van der Waals surface area contributed by atoms with Gasteiger partial charge in [-0.3, -0.25) is 4.79 Å². The van der Waals surface area contributed by atoms with Gasteiger partial charge in [-0.2, -0.15) is 4.31 Å². The minimum Gasteiger partial charge on any atom is -0.337 e. The summed E-state index contributed by atoms with van der Waals surface area (Å²) in [6.07, 6.45) is 2.27. The van der Waals surface area contributed by atoms with Crippen molar-refractivity contribution in [2.24, 2.45) is 0 Å². The number of pyridine rings is 1. The second-order valence-electron chi connectivity index (χ2n) is 4.66. The van der Waals surface area contributed by atoms with Gasteiger partial charge >= 0.3 is 0 Å². The van der Waals surface area contributed by atoms with Crippen LogP contribution in [-0.4, -0.2) is 55.2 Å². The Labute approximate surface area is 111 Å². The molecule has 100 valence electrons. The molecule has 0 aliphatic carbocycles. The number of rotatable bonds is 3. The van der Waals surface area contributed by atoms with Crippen LogP contribution in [0.5, 0.6) is 0 Å². The summed E-state index contributed by atoms with van der Waals surface area (Å²) in [6, 6.07) is 4.84. The monoisotopic (exact) mass is 279 g/mol. The fourth-order valence-corrected chi connectivity index (χ4v) is 3.81. The molecule has 2 aliphatic rings. The summed E-state index contributed by atoms with van der Waals surface area (Å²) in [5.41, 5.74) is 2.07. The maximum Gasteiger partial charge on any atom is 0.261 e. The number of hydrogen-bond acceptors (Lipinski definition) is 4. The summed E-state index contributed by atoms with van der Waals surface area (Å²) < 4.78 is 26.2. The van der Waals surface area contributed by atoms with Crippen LogP contribution in [-0.2, 0) is 14.8 Å². The maximum absolute atomic E-state index is 12.4. The molecule has 1 aromatic heterocycles. The van der Waals surface area contributed by atoms with E-state index < -0.39 is 10.0 Å². The minimum absolute atomic E-state index is 0.0726. The highest BCUT2D eigenvalue weighted by molar-refractivity contribution is 7.89. The van der Waals surface area contributed by atoms with Crippen LogP contribution in [0.15, 0.2) is 40.6 Å². The average Bonchev–Trinajstić information content (AvgIpc) is 2.97. The smallest absolute Gasteiger partial charge is 0.261 e. The molecule has 0 spiro atoms. The number of amides is 1. The largest absolute Gasteiger partial charge is 0.337 e. The summed E-state index contributed by atoms with van der Waals surface area (Å²) in [7, 11) is -3.53. The van der Waals surface area contributed by atoms with Crippen molar-refractivity contribution in [1.82, 2.24) is 14.2 Å². The molecular formula is C12H13N3O3S. The van der Waals surface area contributed by atoms with E-state index in [0.29, 0.717) is 26.2 Å². The molecule has 7 heteroatoms. The highest BCUT2D eigenvalue weighted by Crippen LogP contribution is 2.28. The first-order valence-corrected chi connectivity index (χ1v) is 7.35. The van der Waals surface area contributed by atoms with Crippen molar-refractivity contribution in [3.63, 3.8) is 0 Å². The third kappa shape index (κ3) is 2.04. The Morgan fingerprint density at radius 3 is 2.32 bits per heavy atom. The molecule has 0 N–H and O–H groups in total. The molecule has 1 amide bonds. The van der Waals surface area contributed by atoms with Crippen LogP contribution in [0.3, 0.4) is 0 Å². The lowest BCUT2D eigenvalue weighted by Crippen LogP contribution is -2.34. The van der Waals surface area contributed by atoms with Crippen LogP contribution in [0.1, 0.15) is 0 Å². The van der Waals surface area contributed by atoms with Crippen LogP contribution in [0, 0.1) is 0 Å². The molecule has 0 radical (unpaired) electrons. The molecule has 3 rings (SSSR count). The number of hydrogen-bond donors (Lipinski definition) is 0. The third-order valence-corrected chi connectivity index (χ3v) is 5.12. The van der Waals surface area contributed by atoms with Crippen LogP contribution < -0.4 is 0 Å². The average molecular weight is 279 g/mol. The quantitative estimate of drug-likeness (QED) is 0.570. The Bertz CT molecular complexity index is 621. The summed E-state index contributed by atoms with van der Waals surface area (Å²) in [5, 5.41) is 0.0726. The number of carbonyl (C=O) groups excluding carboxylic acids is 1. The van der Waals surface area contributed by atoms with Crippen molar-refractivity contribution in [1.29, 1.82) is 0 Å². The normalized spacial score (nSPS) is 19.9. The molecule has 3 heterocycles. The summed E-state index contributed by atoms with van der Waals surface area (Å²) >= 11 is 0. The van der Waals surface area contributed by atoms with Crippen LogP contribution in [0.4, 0.5) is 0 Å². The van der Waals surface area contributed by atoms with Gasteiger partial charge in [-0.05, 0) is 23.3 Å². The van der Waals surface area contributed by atoms with Gasteiger partial charge in [0.2, 0.25) is 6.41 Å². The van der Waals surface area contributed by atoms with Gasteiger partial charge in [-0.25, -0.2) is 13.4 Å². The summed E-state index contributed by atoms with van der Waals surface area (Å²) in [5.74, 6) is 0. The van der Waals surface area contributed by atoms with E-state index in [-0.39, 0.29) is 5.03 Å². The lowest BCUT2D eigenvalue weighted by Gasteiger charge is -2.19. The molecular weight excluding hydrogens is 266 g/mol. The standard InChI is InChI=1S/C12H13N3O3S/c16-9-14-5-10-7-15(8-11(10)6-14)19(17,18)12-3-1-2-4-13-12/h1-4,9H,5-8H2. The van der Waals surface area contributed by atoms with Gasteiger partial charge < -0.3 is 4.90 Å². The van der Waals surface area contributed by atoms with E-state index in [2.05, 4.69) is 4.98 Å². The molecule has 1 aromatic rings. The van der Waals surface area contributed by atoms with E-state index in [1.165, 1.54) is 16.6 Å². The van der Waals surface area contributed by atoms with E-state index in [9.17, 15) is 13.2 Å². The number of aromatic nitrogens is 1. The molecule has 0 fully saturated rings. The molecule has 2 aliphatic heterocycles. The molecule has 0 atom stereocenters. The SMILES string of the molecule is O=CN1CC2=C(C1)CN(S(=O)(=O)c1ccccn1)C2. The molecule has 0 unspecified atom stereocenters. The van der Waals surface area contributed by atoms with Crippen molar-refractivity contribution in [2.75, 3.05) is 26.2 Å². The second-order valence-corrected chi connectivity index (χ2v) is 6.54. The van der Waals surface area contributed by atoms with E-state index in [0.717, 1.165) is 17.6 Å². The Morgan fingerprint density at radius 1 is 1.11 bits per heavy atom. The first kappa shape index (κ1) is 12.3. The second kappa shape index (κ2) is 4.43. The van der Waals surface area contributed by atoms with E-state index in [4.69, 9.17) is 0 Å². The Kier molecular flexibility index (Phi) is 2.87. The molecule has 6 nitrogen and oxygen atoms in total. The first-order chi connectivity index (χ1) is 9.11. The lowest BCUT2D eigenvalue weighted by molar-refractivity contribution is -0.117. The topological polar surface area (TPSA) is 70.6 Å². The van der Waals surface area contributed by atoms with Gasteiger partial charge in [-0.15, -0.1) is 0 Å². The zero-order chi connectivity index (χ0) is 13.5. The van der Waals surface area contributed by atoms with E-state index in [1.54, 1.807) is 17.0 Å². The van der Waals surface area contributed by atoms with Gasteiger partial charge in [0.1, 0.15) is 0 Å². The van der Waals surface area contributed by atoms with Gasteiger partial charge in [0.25, 0.3) is 10.0 Å². The van der Waals surface area contributed by atoms with Crippen LogP contribution in [0.2, 0.25) is 0 Å². The predicted molar refractivity (Wildman–Crippen MR) is 67.7 cm³/mol. The van der Waals surface area contributed by atoms with Crippen molar-refractivity contribution in [2.45, 2.75) is 5.03 Å². The predicted octanol–water partition coefficient (Wildman–Crippen LogP) is -0.146. The van der Waals surface area contributed by atoms with Gasteiger partial charge in [0.15, 0.2) is 5.03 Å². The molecule has 0 saturated carbocycles. The third-order valence-electron chi connectivity index (χ3n) is 3.41. The van der Waals surface area contributed by atoms with E-state index in [1.807, 2.05) is 0 Å². The number of sulfonamides is 1.